The van der Waals surface area contributed by atoms with Crippen molar-refractivity contribution in [3.63, 3.8) is 0 Å². The van der Waals surface area contributed by atoms with Crippen LogP contribution >= 0.6 is 11.3 Å². The maximum atomic E-state index is 12.5. The first-order chi connectivity index (χ1) is 15.0. The van der Waals surface area contributed by atoms with Crippen LogP contribution in [0, 0.1) is 19.8 Å². The van der Waals surface area contributed by atoms with E-state index in [-0.39, 0.29) is 17.9 Å². The number of hydrogen-bond donors (Lipinski definition) is 2. The number of ether oxygens (including phenoxy) is 1. The Hall–Kier alpha value is -2.74. The maximum absolute atomic E-state index is 12.5. The molecule has 1 amide bonds. The number of nitrogens with one attached hydrogen (secondary N) is 2. The third-order valence-electron chi connectivity index (χ3n) is 5.90. The van der Waals surface area contributed by atoms with E-state index >= 15 is 0 Å². The van der Waals surface area contributed by atoms with Crippen molar-refractivity contribution in [3.05, 3.63) is 44.9 Å². The number of anilines is 1. The van der Waals surface area contributed by atoms with Crippen molar-refractivity contribution in [3.8, 4) is 5.75 Å². The zero-order valence-corrected chi connectivity index (χ0v) is 18.8. The largest absolute Gasteiger partial charge is 0.489 e. The van der Waals surface area contributed by atoms with E-state index in [9.17, 15) is 9.59 Å². The molecule has 1 fully saturated rings. The Balaban J connectivity index is 1.37. The molecule has 4 rings (SSSR count). The second-order valence-electron chi connectivity index (χ2n) is 8.19. The smallest absolute Gasteiger partial charge is 0.259 e. The number of aromatic nitrogens is 3. The van der Waals surface area contributed by atoms with Gasteiger partial charge in [0.05, 0.1) is 12.0 Å². The van der Waals surface area contributed by atoms with Crippen molar-refractivity contribution in [2.24, 2.45) is 5.92 Å². The summed E-state index contributed by atoms with van der Waals surface area (Å²) in [5.41, 5.74) is 0.819. The fraction of sp³-hybridized carbons (Fsp3) is 0.478. The number of nitrogens with zero attached hydrogens (tertiary/aromatic N) is 2. The van der Waals surface area contributed by atoms with E-state index < -0.39 is 0 Å². The quantitative estimate of drug-likeness (QED) is 0.563. The molecule has 164 valence electrons. The van der Waals surface area contributed by atoms with Gasteiger partial charge >= 0.3 is 0 Å². The number of carbonyl (C=O) groups excluding carboxylic acids is 1. The van der Waals surface area contributed by atoms with Crippen LogP contribution in [0.1, 0.15) is 54.8 Å². The molecule has 3 aromatic heterocycles. The number of aryl methyl sites for hydroxylation is 3. The van der Waals surface area contributed by atoms with Crippen LogP contribution in [-0.4, -0.2) is 27.5 Å². The molecule has 0 aliphatic heterocycles. The van der Waals surface area contributed by atoms with Gasteiger partial charge in [-0.2, -0.15) is 0 Å². The molecule has 2 N–H and O–H groups in total. The van der Waals surface area contributed by atoms with E-state index in [0.717, 1.165) is 15.3 Å². The van der Waals surface area contributed by atoms with E-state index in [1.165, 1.54) is 43.4 Å². The molecule has 0 atom stereocenters. The minimum atomic E-state index is -0.192. The molecule has 0 spiro atoms. The second kappa shape index (κ2) is 9.60. The van der Waals surface area contributed by atoms with Gasteiger partial charge in [-0.15, -0.1) is 11.3 Å². The molecule has 0 radical (unpaired) electrons. The van der Waals surface area contributed by atoms with Gasteiger partial charge in [-0.25, -0.2) is 9.97 Å². The van der Waals surface area contributed by atoms with Crippen LogP contribution in [0.15, 0.2) is 23.1 Å². The third kappa shape index (κ3) is 5.12. The van der Waals surface area contributed by atoms with Gasteiger partial charge < -0.3 is 15.0 Å². The van der Waals surface area contributed by atoms with Crippen LogP contribution in [0.5, 0.6) is 5.75 Å². The van der Waals surface area contributed by atoms with Crippen molar-refractivity contribution in [1.29, 1.82) is 0 Å². The summed E-state index contributed by atoms with van der Waals surface area (Å²) in [6.45, 7) is 4.56. The Labute approximate surface area is 185 Å². The first-order valence-corrected chi connectivity index (χ1v) is 11.7. The number of fused-ring (bicyclic) bond motifs is 1. The number of amides is 1. The van der Waals surface area contributed by atoms with Crippen molar-refractivity contribution in [2.75, 3.05) is 11.9 Å². The highest BCUT2D eigenvalue weighted by Crippen LogP contribution is 2.28. The predicted octanol–water partition coefficient (Wildman–Crippen LogP) is 4.53. The summed E-state index contributed by atoms with van der Waals surface area (Å²) in [6.07, 6.45) is 8.39. The fourth-order valence-corrected chi connectivity index (χ4v) is 5.06. The summed E-state index contributed by atoms with van der Waals surface area (Å²) in [5.74, 6) is 1.93. The highest BCUT2D eigenvalue weighted by atomic mass is 32.1. The average Bonchev–Trinajstić information content (AvgIpc) is 3.06. The van der Waals surface area contributed by atoms with Crippen LogP contribution < -0.4 is 15.6 Å². The number of H-pyrrole nitrogens is 1. The van der Waals surface area contributed by atoms with Gasteiger partial charge in [0.2, 0.25) is 5.91 Å². The van der Waals surface area contributed by atoms with Crippen molar-refractivity contribution in [2.45, 2.75) is 58.8 Å². The van der Waals surface area contributed by atoms with E-state index in [4.69, 9.17) is 4.74 Å². The van der Waals surface area contributed by atoms with Crippen molar-refractivity contribution < 1.29 is 9.53 Å². The van der Waals surface area contributed by atoms with E-state index in [0.29, 0.717) is 41.7 Å². The molecule has 0 bridgehead atoms. The first kappa shape index (κ1) is 21.5. The summed E-state index contributed by atoms with van der Waals surface area (Å²) >= 11 is 1.50. The molecule has 3 heterocycles. The first-order valence-electron chi connectivity index (χ1n) is 10.9. The lowest BCUT2D eigenvalue weighted by molar-refractivity contribution is -0.116. The summed E-state index contributed by atoms with van der Waals surface area (Å²) in [5, 5.41) is 3.48. The standard InChI is InChI=1S/C23H28N4O3S/c1-14-15(2)31-23-20(14)22(29)25-18(26-23)10-11-19(28)27-21-17(9-6-12-24-21)30-13-16-7-4-3-5-8-16/h6,9,12,16H,3-5,7-8,10-11,13H2,1-2H3,(H,24,27,28)(H,25,26,29). The summed E-state index contributed by atoms with van der Waals surface area (Å²) in [7, 11) is 0. The normalized spacial score (nSPS) is 14.6. The van der Waals surface area contributed by atoms with Crippen LogP contribution in [-0.2, 0) is 11.2 Å². The van der Waals surface area contributed by atoms with Crippen LogP contribution in [0.3, 0.4) is 0 Å². The van der Waals surface area contributed by atoms with Gasteiger partial charge in [0.1, 0.15) is 10.7 Å². The highest BCUT2D eigenvalue weighted by molar-refractivity contribution is 7.18. The van der Waals surface area contributed by atoms with Gasteiger partial charge in [-0.3, -0.25) is 9.59 Å². The van der Waals surface area contributed by atoms with E-state index in [1.54, 1.807) is 12.3 Å². The molecule has 31 heavy (non-hydrogen) atoms. The average molecular weight is 441 g/mol. The monoisotopic (exact) mass is 440 g/mol. The minimum absolute atomic E-state index is 0.148. The van der Waals surface area contributed by atoms with Crippen molar-refractivity contribution >= 4 is 33.3 Å². The molecular formula is C23H28N4O3S. The lowest BCUT2D eigenvalue weighted by Gasteiger charge is -2.22. The molecule has 0 unspecified atom stereocenters. The zero-order valence-electron chi connectivity index (χ0n) is 18.0. The van der Waals surface area contributed by atoms with Crippen molar-refractivity contribution in [1.82, 2.24) is 15.0 Å². The Kier molecular flexibility index (Phi) is 6.65. The van der Waals surface area contributed by atoms with Gasteiger partial charge in [0.25, 0.3) is 5.56 Å². The van der Waals surface area contributed by atoms with Gasteiger partial charge in [0.15, 0.2) is 11.6 Å². The second-order valence-corrected chi connectivity index (χ2v) is 9.39. The van der Waals surface area contributed by atoms with Crippen LogP contribution in [0.4, 0.5) is 5.82 Å². The Morgan fingerprint density at radius 2 is 2.10 bits per heavy atom. The number of thiophene rings is 1. The predicted molar refractivity (Wildman–Crippen MR) is 123 cm³/mol. The molecule has 0 aromatic carbocycles. The Morgan fingerprint density at radius 1 is 1.29 bits per heavy atom. The van der Waals surface area contributed by atoms with E-state index in [2.05, 4.69) is 20.3 Å². The fourth-order valence-electron chi connectivity index (χ4n) is 4.01. The SMILES string of the molecule is Cc1sc2nc(CCC(=O)Nc3ncccc3OCC3CCCCC3)[nH]c(=O)c2c1C. The number of aromatic amines is 1. The summed E-state index contributed by atoms with van der Waals surface area (Å²) in [4.78, 5) is 38.4. The molecule has 1 aliphatic rings. The van der Waals surface area contributed by atoms with Gasteiger partial charge in [-0.1, -0.05) is 19.3 Å². The molecule has 7 nitrogen and oxygen atoms in total. The molecule has 0 saturated heterocycles. The Bertz CT molecular complexity index is 1130. The minimum Gasteiger partial charge on any atom is -0.489 e. The third-order valence-corrected chi connectivity index (χ3v) is 7.01. The van der Waals surface area contributed by atoms with Gasteiger partial charge in [0, 0.05) is 23.9 Å². The van der Waals surface area contributed by atoms with Gasteiger partial charge in [-0.05, 0) is 50.3 Å². The Morgan fingerprint density at radius 3 is 2.90 bits per heavy atom. The highest BCUT2D eigenvalue weighted by Gasteiger charge is 2.17. The molecule has 1 aliphatic carbocycles. The number of rotatable bonds is 7. The van der Waals surface area contributed by atoms with Crippen LogP contribution in [0.25, 0.3) is 10.2 Å². The molecule has 3 aromatic rings. The zero-order chi connectivity index (χ0) is 21.8. The lowest BCUT2D eigenvalue weighted by atomic mass is 9.90. The topological polar surface area (TPSA) is 97.0 Å². The van der Waals surface area contributed by atoms with Crippen LogP contribution in [0.2, 0.25) is 0 Å². The molecule has 1 saturated carbocycles. The summed E-state index contributed by atoms with van der Waals surface area (Å²) < 4.78 is 5.98. The number of carbonyl (C=O) groups is 1. The maximum Gasteiger partial charge on any atom is 0.259 e. The summed E-state index contributed by atoms with van der Waals surface area (Å²) in [6, 6.07) is 3.64. The number of pyridine rings is 1. The lowest BCUT2D eigenvalue weighted by Crippen LogP contribution is -2.18. The molecular weight excluding hydrogens is 412 g/mol. The number of hydrogen-bond acceptors (Lipinski definition) is 6. The van der Waals surface area contributed by atoms with E-state index in [1.807, 2.05) is 19.9 Å². The molecule has 8 heteroatoms.